The van der Waals surface area contributed by atoms with Crippen LogP contribution in [0, 0.1) is 0 Å². The van der Waals surface area contributed by atoms with Gasteiger partial charge in [-0.1, -0.05) is 42.1 Å². The van der Waals surface area contributed by atoms with Crippen LogP contribution in [0.3, 0.4) is 0 Å². The van der Waals surface area contributed by atoms with Crippen molar-refractivity contribution in [1.82, 2.24) is 20.1 Å². The van der Waals surface area contributed by atoms with E-state index in [0.29, 0.717) is 11.7 Å². The number of amides is 1. The van der Waals surface area contributed by atoms with Gasteiger partial charge in [-0.3, -0.25) is 4.79 Å². The third-order valence-electron chi connectivity index (χ3n) is 3.54. The number of furan rings is 1. The predicted molar refractivity (Wildman–Crippen MR) is 92.3 cm³/mol. The molecule has 1 amide bonds. The molecule has 0 saturated heterocycles. The Morgan fingerprint density at radius 2 is 2.04 bits per heavy atom. The first kappa shape index (κ1) is 16.3. The highest BCUT2D eigenvalue weighted by Crippen LogP contribution is 2.25. The van der Waals surface area contributed by atoms with Crippen LogP contribution in [-0.2, 0) is 18.4 Å². The maximum absolute atomic E-state index is 12.2. The molecule has 0 aliphatic rings. The number of aromatic nitrogens is 3. The van der Waals surface area contributed by atoms with Crippen molar-refractivity contribution in [2.45, 2.75) is 23.9 Å². The monoisotopic (exact) mass is 342 g/mol. The summed E-state index contributed by atoms with van der Waals surface area (Å²) in [5, 5.41) is 11.7. The van der Waals surface area contributed by atoms with E-state index in [1.807, 2.05) is 54.9 Å². The minimum absolute atomic E-state index is 0.0688. The zero-order valence-corrected chi connectivity index (χ0v) is 14.3. The van der Waals surface area contributed by atoms with Crippen molar-refractivity contribution >= 4 is 17.7 Å². The van der Waals surface area contributed by atoms with E-state index in [-0.39, 0.29) is 11.2 Å². The highest BCUT2D eigenvalue weighted by Gasteiger charge is 2.19. The van der Waals surface area contributed by atoms with Gasteiger partial charge in [0.1, 0.15) is 5.76 Å². The van der Waals surface area contributed by atoms with Crippen molar-refractivity contribution in [2.75, 3.05) is 0 Å². The van der Waals surface area contributed by atoms with Crippen LogP contribution in [0.5, 0.6) is 0 Å². The van der Waals surface area contributed by atoms with E-state index >= 15 is 0 Å². The lowest BCUT2D eigenvalue weighted by molar-refractivity contribution is -0.120. The minimum atomic E-state index is -0.286. The molecule has 3 rings (SSSR count). The van der Waals surface area contributed by atoms with Crippen LogP contribution >= 0.6 is 11.8 Å². The van der Waals surface area contributed by atoms with E-state index in [2.05, 4.69) is 15.5 Å². The number of thioether (sulfide) groups is 1. The summed E-state index contributed by atoms with van der Waals surface area (Å²) in [5.74, 6) is 1.44. The second-order valence-electron chi connectivity index (χ2n) is 5.29. The normalized spacial score (nSPS) is 12.1. The summed E-state index contributed by atoms with van der Waals surface area (Å²) in [5.41, 5.74) is 0.995. The molecule has 0 radical (unpaired) electrons. The van der Waals surface area contributed by atoms with Gasteiger partial charge in [0.25, 0.3) is 0 Å². The van der Waals surface area contributed by atoms with Crippen LogP contribution in [0.4, 0.5) is 0 Å². The Labute approximate surface area is 144 Å². The second kappa shape index (κ2) is 7.35. The largest absolute Gasteiger partial charge is 0.467 e. The van der Waals surface area contributed by atoms with Gasteiger partial charge >= 0.3 is 0 Å². The lowest BCUT2D eigenvalue weighted by Crippen LogP contribution is -2.30. The molecule has 0 aliphatic carbocycles. The Morgan fingerprint density at radius 3 is 2.75 bits per heavy atom. The van der Waals surface area contributed by atoms with Crippen LogP contribution in [-0.4, -0.2) is 25.9 Å². The van der Waals surface area contributed by atoms with Crippen LogP contribution in [0.2, 0.25) is 0 Å². The fourth-order valence-electron chi connectivity index (χ4n) is 2.20. The Hall–Kier alpha value is -2.54. The van der Waals surface area contributed by atoms with E-state index in [0.717, 1.165) is 17.1 Å². The molecule has 2 heterocycles. The van der Waals surface area contributed by atoms with Crippen LogP contribution in [0.15, 0.2) is 58.3 Å². The molecule has 0 unspecified atom stereocenters. The van der Waals surface area contributed by atoms with Crippen molar-refractivity contribution in [3.05, 3.63) is 54.5 Å². The fourth-order valence-corrected chi connectivity index (χ4v) is 3.04. The van der Waals surface area contributed by atoms with Crippen molar-refractivity contribution in [3.63, 3.8) is 0 Å². The second-order valence-corrected chi connectivity index (χ2v) is 6.60. The van der Waals surface area contributed by atoms with E-state index in [9.17, 15) is 4.79 Å². The highest BCUT2D eigenvalue weighted by molar-refractivity contribution is 8.00. The average Bonchev–Trinajstić information content (AvgIpc) is 3.24. The third kappa shape index (κ3) is 3.68. The number of carbonyl (C=O) groups excluding carboxylic acids is 1. The van der Waals surface area contributed by atoms with E-state index in [1.54, 1.807) is 12.3 Å². The van der Waals surface area contributed by atoms with Gasteiger partial charge in [-0.25, -0.2) is 0 Å². The molecule has 1 N–H and O–H groups in total. The number of rotatable bonds is 6. The molecule has 2 aromatic heterocycles. The molecule has 0 bridgehead atoms. The van der Waals surface area contributed by atoms with Gasteiger partial charge in [0.05, 0.1) is 18.1 Å². The van der Waals surface area contributed by atoms with Crippen molar-refractivity contribution in [1.29, 1.82) is 0 Å². The maximum atomic E-state index is 12.2. The number of hydrogen-bond donors (Lipinski definition) is 1. The van der Waals surface area contributed by atoms with E-state index in [4.69, 9.17) is 4.42 Å². The number of nitrogens with one attached hydrogen (secondary N) is 1. The molecule has 1 atom stereocenters. The van der Waals surface area contributed by atoms with Gasteiger partial charge in [-0.05, 0) is 19.1 Å². The first-order chi connectivity index (χ1) is 11.6. The molecule has 124 valence electrons. The Morgan fingerprint density at radius 1 is 1.25 bits per heavy atom. The van der Waals surface area contributed by atoms with Gasteiger partial charge in [0.15, 0.2) is 11.0 Å². The topological polar surface area (TPSA) is 73.0 Å². The van der Waals surface area contributed by atoms with Gasteiger partial charge in [-0.15, -0.1) is 10.2 Å². The number of nitrogens with zero attached hydrogens (tertiary/aromatic N) is 3. The summed E-state index contributed by atoms with van der Waals surface area (Å²) >= 11 is 1.38. The first-order valence-corrected chi connectivity index (χ1v) is 8.44. The van der Waals surface area contributed by atoms with Gasteiger partial charge < -0.3 is 14.3 Å². The quantitative estimate of drug-likeness (QED) is 0.697. The standard InChI is InChI=1S/C17H18N4O2S/c1-12(16(22)18-11-14-9-6-10-23-14)24-17-20-19-15(21(17)2)13-7-4-3-5-8-13/h3-10,12H,11H2,1-2H3,(H,18,22)/t12-/m1/s1. The number of carbonyl (C=O) groups is 1. The molecule has 7 heteroatoms. The third-order valence-corrected chi connectivity index (χ3v) is 4.67. The lowest BCUT2D eigenvalue weighted by Gasteiger charge is -2.11. The molecule has 3 aromatic rings. The molecule has 1 aromatic carbocycles. The average molecular weight is 342 g/mol. The summed E-state index contributed by atoms with van der Waals surface area (Å²) in [4.78, 5) is 12.2. The SMILES string of the molecule is C[C@@H](Sc1nnc(-c2ccccc2)n1C)C(=O)NCc1ccco1. The Balaban J connectivity index is 1.63. The first-order valence-electron chi connectivity index (χ1n) is 7.56. The summed E-state index contributed by atoms with van der Waals surface area (Å²) in [6, 6.07) is 13.5. The summed E-state index contributed by atoms with van der Waals surface area (Å²) in [6.45, 7) is 2.23. The maximum Gasteiger partial charge on any atom is 0.233 e. The smallest absolute Gasteiger partial charge is 0.233 e. The highest BCUT2D eigenvalue weighted by atomic mass is 32.2. The fraction of sp³-hybridized carbons (Fsp3) is 0.235. The molecule has 0 spiro atoms. The molecule has 6 nitrogen and oxygen atoms in total. The molecular formula is C17H18N4O2S. The van der Waals surface area contributed by atoms with Crippen molar-refractivity contribution in [3.8, 4) is 11.4 Å². The lowest BCUT2D eigenvalue weighted by atomic mass is 10.2. The predicted octanol–water partition coefficient (Wildman–Crippen LogP) is 2.87. The summed E-state index contributed by atoms with van der Waals surface area (Å²) < 4.78 is 7.10. The zero-order valence-electron chi connectivity index (χ0n) is 13.5. The minimum Gasteiger partial charge on any atom is -0.467 e. The summed E-state index contributed by atoms with van der Waals surface area (Å²) in [7, 11) is 1.90. The van der Waals surface area contributed by atoms with Crippen molar-refractivity contribution in [2.24, 2.45) is 7.05 Å². The Bertz CT molecular complexity index is 799. The molecule has 0 fully saturated rings. The molecule has 0 saturated carbocycles. The molecule has 24 heavy (non-hydrogen) atoms. The van der Waals surface area contributed by atoms with Gasteiger partial charge in [0.2, 0.25) is 5.91 Å². The summed E-state index contributed by atoms with van der Waals surface area (Å²) in [6.07, 6.45) is 1.59. The van der Waals surface area contributed by atoms with E-state index in [1.165, 1.54) is 11.8 Å². The molecule has 0 aliphatic heterocycles. The van der Waals surface area contributed by atoms with Crippen molar-refractivity contribution < 1.29 is 9.21 Å². The van der Waals surface area contributed by atoms with E-state index < -0.39 is 0 Å². The van der Waals surface area contributed by atoms with Gasteiger partial charge in [-0.2, -0.15) is 0 Å². The van der Waals surface area contributed by atoms with Crippen LogP contribution in [0.25, 0.3) is 11.4 Å². The van der Waals surface area contributed by atoms with Crippen LogP contribution in [0.1, 0.15) is 12.7 Å². The number of benzene rings is 1. The molecular weight excluding hydrogens is 324 g/mol. The Kier molecular flexibility index (Phi) is 5.00. The van der Waals surface area contributed by atoms with Crippen LogP contribution < -0.4 is 5.32 Å². The number of hydrogen-bond acceptors (Lipinski definition) is 5. The van der Waals surface area contributed by atoms with Gasteiger partial charge in [0, 0.05) is 12.6 Å². The zero-order chi connectivity index (χ0) is 16.9.